The third-order valence-electron chi connectivity index (χ3n) is 4.17. The smallest absolute Gasteiger partial charge is 0.185 e. The summed E-state index contributed by atoms with van der Waals surface area (Å²) in [5.74, 6) is 0. The summed E-state index contributed by atoms with van der Waals surface area (Å²) in [7, 11) is -5.17. The van der Waals surface area contributed by atoms with Gasteiger partial charge in [0.05, 0.1) is 13.7 Å². The summed E-state index contributed by atoms with van der Waals surface area (Å²) in [6.07, 6.45) is 0. The topological polar surface area (TPSA) is 54.4 Å². The van der Waals surface area contributed by atoms with Crippen molar-refractivity contribution in [2.75, 3.05) is 5.38 Å². The van der Waals surface area contributed by atoms with E-state index in [4.69, 9.17) is 0 Å². The van der Waals surface area contributed by atoms with Crippen molar-refractivity contribution in [2.45, 2.75) is 62.6 Å². The van der Waals surface area contributed by atoms with E-state index >= 15 is 0 Å². The number of hydrogen-bond acceptors (Lipinski definition) is 4. The zero-order chi connectivity index (χ0) is 16.0. The minimum absolute atomic E-state index is 0.0381. The number of sulfone groups is 1. The highest BCUT2D eigenvalue weighted by Gasteiger charge is 2.40. The molecule has 0 fully saturated rings. The highest BCUT2D eigenvalue weighted by Crippen LogP contribution is 2.38. The molecule has 1 N–H and O–H groups in total. The molecule has 0 aromatic carbocycles. The van der Waals surface area contributed by atoms with Gasteiger partial charge >= 0.3 is 0 Å². The van der Waals surface area contributed by atoms with Crippen LogP contribution in [0, 0.1) is 0 Å². The lowest BCUT2D eigenvalue weighted by molar-refractivity contribution is 0.0789. The number of rotatable bonds is 4. The molecule has 0 aliphatic heterocycles. The van der Waals surface area contributed by atoms with Crippen LogP contribution in [-0.4, -0.2) is 27.0 Å². The first kappa shape index (κ1) is 17.9. The molecular formula is C14H26O3S2Si. The Labute approximate surface area is 128 Å². The van der Waals surface area contributed by atoms with E-state index in [1.54, 1.807) is 25.3 Å². The molecule has 6 heteroatoms. The molecular weight excluding hydrogens is 308 g/mol. The van der Waals surface area contributed by atoms with Crippen molar-refractivity contribution < 1.29 is 13.5 Å². The molecule has 20 heavy (non-hydrogen) atoms. The van der Waals surface area contributed by atoms with Crippen LogP contribution in [-0.2, 0) is 15.4 Å². The van der Waals surface area contributed by atoms with Gasteiger partial charge in [-0.25, -0.2) is 8.42 Å². The van der Waals surface area contributed by atoms with E-state index in [1.165, 1.54) is 11.3 Å². The molecule has 3 nitrogen and oxygen atoms in total. The maximum absolute atomic E-state index is 12.6. The van der Waals surface area contributed by atoms with Crippen molar-refractivity contribution in [3.63, 3.8) is 0 Å². The van der Waals surface area contributed by atoms with Crippen LogP contribution >= 0.6 is 11.3 Å². The molecule has 0 atom stereocenters. The van der Waals surface area contributed by atoms with Gasteiger partial charge in [-0.15, -0.1) is 11.3 Å². The summed E-state index contributed by atoms with van der Waals surface area (Å²) < 4.78 is 25.6. The van der Waals surface area contributed by atoms with Crippen molar-refractivity contribution in [1.82, 2.24) is 0 Å². The second-order valence-electron chi connectivity index (χ2n) is 7.61. The maximum atomic E-state index is 12.6. The van der Waals surface area contributed by atoms with Gasteiger partial charge in [-0.2, -0.15) is 0 Å². The van der Waals surface area contributed by atoms with E-state index in [9.17, 15) is 13.5 Å². The van der Waals surface area contributed by atoms with E-state index in [0.717, 1.165) is 0 Å². The maximum Gasteiger partial charge on any atom is 0.185 e. The molecule has 0 saturated carbocycles. The fraction of sp³-hybridized carbons (Fsp3) is 0.714. The molecule has 1 aromatic rings. The first-order valence-corrected chi connectivity index (χ1v) is 12.4. The van der Waals surface area contributed by atoms with Crippen molar-refractivity contribution >= 4 is 29.2 Å². The molecule has 0 aliphatic rings. The van der Waals surface area contributed by atoms with Crippen molar-refractivity contribution in [3.05, 3.63) is 17.0 Å². The van der Waals surface area contributed by atoms with Crippen LogP contribution in [0.4, 0.5) is 0 Å². The van der Waals surface area contributed by atoms with Gasteiger partial charge in [-0.05, 0) is 35.9 Å². The van der Waals surface area contributed by atoms with Gasteiger partial charge in [0.1, 0.15) is 4.21 Å². The summed E-state index contributed by atoms with van der Waals surface area (Å²) in [5.41, 5.74) is -0.336. The average Bonchev–Trinajstić information content (AvgIpc) is 2.61. The van der Waals surface area contributed by atoms with Crippen molar-refractivity contribution in [3.8, 4) is 0 Å². The van der Waals surface area contributed by atoms with E-state index in [-0.39, 0.29) is 10.4 Å². The molecule has 1 aromatic heterocycles. The van der Waals surface area contributed by atoms with Gasteiger partial charge in [0.2, 0.25) is 0 Å². The molecule has 0 radical (unpaired) electrons. The van der Waals surface area contributed by atoms with Gasteiger partial charge in [0, 0.05) is 5.38 Å². The summed E-state index contributed by atoms with van der Waals surface area (Å²) in [5, 5.41) is 12.0. The molecule has 116 valence electrons. The van der Waals surface area contributed by atoms with Crippen LogP contribution in [0.5, 0.6) is 0 Å². The number of hydrogen-bond donors (Lipinski definition) is 1. The van der Waals surface area contributed by atoms with Gasteiger partial charge < -0.3 is 5.11 Å². The zero-order valence-electron chi connectivity index (χ0n) is 13.4. The Kier molecular flexibility index (Phi) is 4.67. The molecule has 0 unspecified atom stereocenters. The Morgan fingerprint density at radius 2 is 1.70 bits per heavy atom. The highest BCUT2D eigenvalue weighted by molar-refractivity contribution is 7.95. The average molecular weight is 335 g/mol. The molecule has 0 saturated heterocycles. The molecule has 0 bridgehead atoms. The van der Waals surface area contributed by atoms with E-state index in [1.807, 2.05) is 0 Å². The van der Waals surface area contributed by atoms with E-state index < -0.39 is 23.5 Å². The molecule has 1 rings (SSSR count). The minimum Gasteiger partial charge on any atom is -0.386 e. The molecule has 0 spiro atoms. The standard InChI is InChI=1S/C14H26O3S2Si/c1-13(2,3)20(6,7)10-19(16,17)12-8-11(9-18-12)14(4,5)15/h8-9,15H,10H2,1-7H3. The summed E-state index contributed by atoms with van der Waals surface area (Å²) in [6, 6.07) is 1.62. The third-order valence-corrected chi connectivity index (χ3v) is 15.1. The van der Waals surface area contributed by atoms with Gasteiger partial charge in [0.25, 0.3) is 0 Å². The predicted molar refractivity (Wildman–Crippen MR) is 88.8 cm³/mol. The first-order chi connectivity index (χ1) is 8.67. The van der Waals surface area contributed by atoms with Crippen molar-refractivity contribution in [2.24, 2.45) is 0 Å². The lowest BCUT2D eigenvalue weighted by atomic mass is 10.0. The van der Waals surface area contributed by atoms with Crippen LogP contribution in [0.1, 0.15) is 40.2 Å². The highest BCUT2D eigenvalue weighted by atomic mass is 32.2. The van der Waals surface area contributed by atoms with Crippen LogP contribution in [0.3, 0.4) is 0 Å². The molecule has 0 aliphatic carbocycles. The van der Waals surface area contributed by atoms with E-state index in [0.29, 0.717) is 9.77 Å². The van der Waals surface area contributed by atoms with Crippen LogP contribution in [0.2, 0.25) is 18.1 Å². The normalized spacial score (nSPS) is 14.6. The Hall–Kier alpha value is -0.173. The Morgan fingerprint density at radius 1 is 1.20 bits per heavy atom. The fourth-order valence-corrected chi connectivity index (χ4v) is 10.0. The third kappa shape index (κ3) is 3.93. The van der Waals surface area contributed by atoms with Crippen LogP contribution in [0.25, 0.3) is 0 Å². The first-order valence-electron chi connectivity index (χ1n) is 6.71. The summed E-state index contributed by atoms with van der Waals surface area (Å²) >= 11 is 1.21. The molecule has 0 amide bonds. The van der Waals surface area contributed by atoms with Gasteiger partial charge in [-0.3, -0.25) is 0 Å². The lowest BCUT2D eigenvalue weighted by Gasteiger charge is -2.36. The van der Waals surface area contributed by atoms with Crippen molar-refractivity contribution in [1.29, 1.82) is 0 Å². The van der Waals surface area contributed by atoms with E-state index in [2.05, 4.69) is 33.9 Å². The number of aliphatic hydroxyl groups is 1. The SMILES string of the molecule is CC(C)(O)c1csc(S(=O)(=O)C[Si](C)(C)C(C)(C)C)c1. The predicted octanol–water partition coefficient (Wildman–Crippen LogP) is 3.80. The quantitative estimate of drug-likeness (QED) is 0.852. The summed E-state index contributed by atoms with van der Waals surface area (Å²) in [4.78, 5) is 0. The van der Waals surface area contributed by atoms with Crippen LogP contribution < -0.4 is 0 Å². The van der Waals surface area contributed by atoms with Crippen LogP contribution in [0.15, 0.2) is 15.7 Å². The Morgan fingerprint density at radius 3 is 2.05 bits per heavy atom. The largest absolute Gasteiger partial charge is 0.386 e. The van der Waals surface area contributed by atoms with Gasteiger partial charge in [-0.1, -0.05) is 33.9 Å². The molecule has 1 heterocycles. The lowest BCUT2D eigenvalue weighted by Crippen LogP contribution is -2.44. The Bertz CT molecular complexity index is 572. The second-order valence-corrected chi connectivity index (χ2v) is 16.9. The fourth-order valence-electron chi connectivity index (χ4n) is 1.56. The Balaban J connectivity index is 3.10. The number of thiophene rings is 1. The van der Waals surface area contributed by atoms with Gasteiger partial charge in [0.15, 0.2) is 9.84 Å². The monoisotopic (exact) mass is 334 g/mol. The minimum atomic E-state index is -3.27. The second kappa shape index (κ2) is 5.23. The summed E-state index contributed by atoms with van der Waals surface area (Å²) in [6.45, 7) is 13.9. The zero-order valence-corrected chi connectivity index (χ0v) is 16.1.